The lowest BCUT2D eigenvalue weighted by atomic mass is 10.2. The van der Waals surface area contributed by atoms with Crippen LogP contribution in [0.3, 0.4) is 0 Å². The Morgan fingerprint density at radius 2 is 1.70 bits per heavy atom. The Balaban J connectivity index is 1.36. The zero-order chi connectivity index (χ0) is 20.9. The molecule has 0 saturated heterocycles. The molecule has 1 amide bonds. The fourth-order valence-electron chi connectivity index (χ4n) is 2.73. The number of ether oxygens (including phenoxy) is 1. The molecule has 0 aliphatic carbocycles. The molecule has 0 aliphatic heterocycles. The first-order chi connectivity index (χ1) is 14.6. The largest absolute Gasteiger partial charge is 0.451 e. The van der Waals surface area contributed by atoms with Crippen molar-refractivity contribution < 1.29 is 18.7 Å². The van der Waals surface area contributed by atoms with Crippen LogP contribution >= 0.6 is 11.6 Å². The molecule has 0 radical (unpaired) electrons. The standard InChI is InChI=1S/C23H15ClN2O4/c24-19-7-3-2-6-18(19)23(28)29-17-11-9-15(10-12-17)14-25-26-22(27)21-13-16-5-1-4-8-20(16)30-21/h1-14H,(H,26,27)/b25-14+. The second-order valence-electron chi connectivity index (χ2n) is 6.29. The third-order valence-electron chi connectivity index (χ3n) is 4.21. The van der Waals surface area contributed by atoms with Gasteiger partial charge in [0.15, 0.2) is 5.76 Å². The number of hydrazone groups is 1. The SMILES string of the molecule is O=C(N/N=C/c1ccc(OC(=O)c2ccccc2Cl)cc1)c1cc2ccccc2o1. The van der Waals surface area contributed by atoms with Crippen molar-refractivity contribution in [1.29, 1.82) is 0 Å². The van der Waals surface area contributed by atoms with Crippen molar-refractivity contribution in [2.75, 3.05) is 0 Å². The van der Waals surface area contributed by atoms with Crippen molar-refractivity contribution in [1.82, 2.24) is 5.43 Å². The molecule has 1 heterocycles. The van der Waals surface area contributed by atoms with Crippen molar-refractivity contribution in [3.05, 3.63) is 101 Å². The maximum atomic E-state index is 12.2. The van der Waals surface area contributed by atoms with Gasteiger partial charge in [-0.25, -0.2) is 10.2 Å². The van der Waals surface area contributed by atoms with Gasteiger partial charge < -0.3 is 9.15 Å². The van der Waals surface area contributed by atoms with Crippen molar-refractivity contribution in [3.8, 4) is 5.75 Å². The van der Waals surface area contributed by atoms with Crippen LogP contribution in [0.25, 0.3) is 11.0 Å². The number of halogens is 1. The number of para-hydroxylation sites is 1. The number of rotatable bonds is 5. The third kappa shape index (κ3) is 4.39. The normalized spacial score (nSPS) is 11.0. The Kier molecular flexibility index (Phi) is 5.59. The number of furan rings is 1. The fraction of sp³-hybridized carbons (Fsp3) is 0. The van der Waals surface area contributed by atoms with Gasteiger partial charge in [-0.2, -0.15) is 5.10 Å². The van der Waals surface area contributed by atoms with Gasteiger partial charge in [0, 0.05) is 5.39 Å². The molecular weight excluding hydrogens is 404 g/mol. The van der Waals surface area contributed by atoms with Gasteiger partial charge in [0.1, 0.15) is 11.3 Å². The molecule has 6 nitrogen and oxygen atoms in total. The van der Waals surface area contributed by atoms with Crippen LogP contribution in [0.2, 0.25) is 5.02 Å². The summed E-state index contributed by atoms with van der Waals surface area (Å²) in [6.07, 6.45) is 1.47. The van der Waals surface area contributed by atoms with Crippen LogP contribution in [0.1, 0.15) is 26.5 Å². The molecule has 7 heteroatoms. The van der Waals surface area contributed by atoms with Gasteiger partial charge in [0.2, 0.25) is 0 Å². The summed E-state index contributed by atoms with van der Waals surface area (Å²) in [6, 6.07) is 22.3. The van der Waals surface area contributed by atoms with E-state index in [2.05, 4.69) is 10.5 Å². The molecular formula is C23H15ClN2O4. The van der Waals surface area contributed by atoms with Crippen LogP contribution in [-0.2, 0) is 0 Å². The number of benzene rings is 3. The van der Waals surface area contributed by atoms with Crippen LogP contribution in [0, 0.1) is 0 Å². The number of nitrogens with one attached hydrogen (secondary N) is 1. The summed E-state index contributed by atoms with van der Waals surface area (Å²) < 4.78 is 10.8. The van der Waals surface area contributed by atoms with E-state index in [1.54, 1.807) is 60.7 Å². The summed E-state index contributed by atoms with van der Waals surface area (Å²) in [5.74, 6) is -0.452. The van der Waals surface area contributed by atoms with Crippen molar-refractivity contribution in [3.63, 3.8) is 0 Å². The monoisotopic (exact) mass is 418 g/mol. The van der Waals surface area contributed by atoms with Gasteiger partial charge >= 0.3 is 11.9 Å². The average molecular weight is 419 g/mol. The first-order valence-corrected chi connectivity index (χ1v) is 9.37. The highest BCUT2D eigenvalue weighted by molar-refractivity contribution is 6.33. The average Bonchev–Trinajstić information content (AvgIpc) is 3.20. The minimum absolute atomic E-state index is 0.176. The number of amides is 1. The minimum atomic E-state index is -0.542. The van der Waals surface area contributed by atoms with E-state index >= 15 is 0 Å². The number of carbonyl (C=O) groups is 2. The molecule has 0 unspecified atom stereocenters. The molecule has 3 aromatic carbocycles. The minimum Gasteiger partial charge on any atom is -0.451 e. The van der Waals surface area contributed by atoms with E-state index in [1.165, 1.54) is 6.21 Å². The molecule has 30 heavy (non-hydrogen) atoms. The molecule has 148 valence electrons. The van der Waals surface area contributed by atoms with E-state index in [1.807, 2.05) is 18.2 Å². The number of carbonyl (C=O) groups excluding carboxylic acids is 2. The molecule has 1 N–H and O–H groups in total. The molecule has 0 saturated carbocycles. The van der Waals surface area contributed by atoms with E-state index < -0.39 is 11.9 Å². The number of hydrogen-bond donors (Lipinski definition) is 1. The lowest BCUT2D eigenvalue weighted by molar-refractivity contribution is 0.0734. The van der Waals surface area contributed by atoms with Gasteiger partial charge in [-0.15, -0.1) is 0 Å². The summed E-state index contributed by atoms with van der Waals surface area (Å²) in [5, 5.41) is 5.09. The molecule has 0 atom stereocenters. The third-order valence-corrected chi connectivity index (χ3v) is 4.54. The van der Waals surface area contributed by atoms with E-state index in [0.29, 0.717) is 21.9 Å². The van der Waals surface area contributed by atoms with Crippen molar-refractivity contribution in [2.45, 2.75) is 0 Å². The first-order valence-electron chi connectivity index (χ1n) is 8.99. The van der Waals surface area contributed by atoms with Gasteiger partial charge in [-0.3, -0.25) is 4.79 Å². The fourth-order valence-corrected chi connectivity index (χ4v) is 2.94. The number of esters is 1. The van der Waals surface area contributed by atoms with Crippen LogP contribution in [0.15, 0.2) is 88.4 Å². The quantitative estimate of drug-likeness (QED) is 0.212. The van der Waals surface area contributed by atoms with E-state index in [9.17, 15) is 9.59 Å². The summed E-state index contributed by atoms with van der Waals surface area (Å²) >= 11 is 6.00. The maximum Gasteiger partial charge on any atom is 0.345 e. The topological polar surface area (TPSA) is 80.9 Å². The Bertz CT molecular complexity index is 1210. The molecule has 4 aromatic rings. The van der Waals surface area contributed by atoms with E-state index in [-0.39, 0.29) is 11.3 Å². The van der Waals surface area contributed by atoms with E-state index in [0.717, 1.165) is 5.39 Å². The van der Waals surface area contributed by atoms with Crippen LogP contribution < -0.4 is 10.2 Å². The predicted molar refractivity (Wildman–Crippen MR) is 114 cm³/mol. The zero-order valence-corrected chi connectivity index (χ0v) is 16.3. The lowest BCUT2D eigenvalue weighted by Crippen LogP contribution is -2.16. The molecule has 4 rings (SSSR count). The Labute approximate surface area is 176 Å². The Morgan fingerprint density at radius 3 is 2.47 bits per heavy atom. The summed E-state index contributed by atoms with van der Waals surface area (Å²) in [5.41, 5.74) is 4.05. The van der Waals surface area contributed by atoms with Gasteiger partial charge in [-0.1, -0.05) is 41.9 Å². The number of nitrogens with zero attached hydrogens (tertiary/aromatic N) is 1. The van der Waals surface area contributed by atoms with Gasteiger partial charge in [-0.05, 0) is 54.1 Å². The van der Waals surface area contributed by atoms with Gasteiger partial charge in [0.25, 0.3) is 0 Å². The molecule has 1 aromatic heterocycles. The summed E-state index contributed by atoms with van der Waals surface area (Å²) in [6.45, 7) is 0. The second kappa shape index (κ2) is 8.63. The molecule has 0 aliphatic rings. The smallest absolute Gasteiger partial charge is 0.345 e. The molecule has 0 bridgehead atoms. The first kappa shape index (κ1) is 19.4. The zero-order valence-electron chi connectivity index (χ0n) is 15.5. The highest BCUT2D eigenvalue weighted by Crippen LogP contribution is 2.20. The van der Waals surface area contributed by atoms with Crippen LogP contribution in [0.4, 0.5) is 0 Å². The van der Waals surface area contributed by atoms with Crippen molar-refractivity contribution in [2.24, 2.45) is 5.10 Å². The number of fused-ring (bicyclic) bond motifs is 1. The van der Waals surface area contributed by atoms with Gasteiger partial charge in [0.05, 0.1) is 16.8 Å². The Morgan fingerprint density at radius 1 is 0.967 bits per heavy atom. The molecule has 0 fully saturated rings. The Hall–Kier alpha value is -3.90. The number of hydrogen-bond acceptors (Lipinski definition) is 5. The van der Waals surface area contributed by atoms with Crippen LogP contribution in [0.5, 0.6) is 5.75 Å². The highest BCUT2D eigenvalue weighted by Gasteiger charge is 2.12. The molecule has 0 spiro atoms. The second-order valence-corrected chi connectivity index (χ2v) is 6.69. The summed E-state index contributed by atoms with van der Waals surface area (Å²) in [4.78, 5) is 24.3. The summed E-state index contributed by atoms with van der Waals surface area (Å²) in [7, 11) is 0. The predicted octanol–water partition coefficient (Wildman–Crippen LogP) is 5.07. The highest BCUT2D eigenvalue weighted by atomic mass is 35.5. The lowest BCUT2D eigenvalue weighted by Gasteiger charge is -2.05. The van der Waals surface area contributed by atoms with Crippen LogP contribution in [-0.4, -0.2) is 18.1 Å². The van der Waals surface area contributed by atoms with Crippen molar-refractivity contribution >= 4 is 40.7 Å². The van der Waals surface area contributed by atoms with E-state index in [4.69, 9.17) is 20.8 Å². The maximum absolute atomic E-state index is 12.2.